The van der Waals surface area contributed by atoms with Gasteiger partial charge in [0, 0.05) is 23.4 Å². The minimum Gasteiger partial charge on any atom is -0.494 e. The quantitative estimate of drug-likeness (QED) is 0.347. The molecule has 1 aromatic heterocycles. The van der Waals surface area contributed by atoms with Crippen molar-refractivity contribution in [2.75, 3.05) is 13.2 Å². The first-order valence-electron chi connectivity index (χ1n) is 11.8. The summed E-state index contributed by atoms with van der Waals surface area (Å²) in [4.78, 5) is 4.84. The molecule has 4 nitrogen and oxygen atoms in total. The van der Waals surface area contributed by atoms with Gasteiger partial charge in [-0.1, -0.05) is 44.2 Å². The first-order valence-corrected chi connectivity index (χ1v) is 11.8. The van der Waals surface area contributed by atoms with Crippen LogP contribution in [-0.2, 0) is 25.9 Å². The lowest BCUT2D eigenvalue weighted by molar-refractivity contribution is 0.278. The number of nitrogens with zero attached hydrogens (tertiary/aromatic N) is 1. The smallest absolute Gasteiger partial charge is 0.126 e. The standard InChI is InChI=1S/C28H35NO3/c1-4-22-13-10-14-23(5-2)28(22)26-18-27(31-6-3)24(19-29-26)12-7-8-16-32-25-15-9-11-21(17-25)20-30/h9-11,13-15,17-19,30H,4-8,12,16,20H2,1-3H3. The Bertz CT molecular complexity index is 977. The summed E-state index contributed by atoms with van der Waals surface area (Å²) in [5.41, 5.74) is 6.92. The minimum absolute atomic E-state index is 0.0306. The van der Waals surface area contributed by atoms with E-state index in [0.29, 0.717) is 13.2 Å². The molecule has 0 atom stereocenters. The van der Waals surface area contributed by atoms with Gasteiger partial charge in [-0.05, 0) is 67.9 Å². The van der Waals surface area contributed by atoms with Crippen LogP contribution >= 0.6 is 0 Å². The van der Waals surface area contributed by atoms with Crippen LogP contribution < -0.4 is 9.47 Å². The second-order valence-electron chi connectivity index (χ2n) is 7.88. The van der Waals surface area contributed by atoms with E-state index < -0.39 is 0 Å². The van der Waals surface area contributed by atoms with Crippen molar-refractivity contribution >= 4 is 0 Å². The van der Waals surface area contributed by atoms with Gasteiger partial charge in [-0.3, -0.25) is 4.98 Å². The average Bonchev–Trinajstić information content (AvgIpc) is 2.84. The maximum Gasteiger partial charge on any atom is 0.126 e. The number of hydrogen-bond donors (Lipinski definition) is 1. The van der Waals surface area contributed by atoms with Gasteiger partial charge in [0.1, 0.15) is 11.5 Å². The number of aliphatic hydroxyl groups excluding tert-OH is 1. The SMILES string of the molecule is CCOc1cc(-c2c(CC)cccc2CC)ncc1CCCCOc1cccc(CO)c1. The van der Waals surface area contributed by atoms with Crippen LogP contribution in [0.2, 0.25) is 0 Å². The van der Waals surface area contributed by atoms with Gasteiger partial charge in [0.15, 0.2) is 0 Å². The van der Waals surface area contributed by atoms with Crippen LogP contribution in [0.25, 0.3) is 11.3 Å². The molecule has 0 unspecified atom stereocenters. The van der Waals surface area contributed by atoms with Gasteiger partial charge in [-0.25, -0.2) is 0 Å². The van der Waals surface area contributed by atoms with E-state index in [4.69, 9.17) is 14.5 Å². The van der Waals surface area contributed by atoms with Crippen LogP contribution in [-0.4, -0.2) is 23.3 Å². The number of aryl methyl sites for hydroxylation is 3. The number of pyridine rings is 1. The maximum absolute atomic E-state index is 9.24. The number of ether oxygens (including phenoxy) is 2. The molecule has 0 aliphatic carbocycles. The van der Waals surface area contributed by atoms with Crippen molar-refractivity contribution in [2.45, 2.75) is 59.5 Å². The number of hydrogen-bond acceptors (Lipinski definition) is 4. The van der Waals surface area contributed by atoms with E-state index >= 15 is 0 Å². The Morgan fingerprint density at radius 1 is 0.844 bits per heavy atom. The lowest BCUT2D eigenvalue weighted by Crippen LogP contribution is -2.03. The molecule has 0 bridgehead atoms. The second kappa shape index (κ2) is 12.3. The van der Waals surface area contributed by atoms with Crippen LogP contribution in [0, 0.1) is 0 Å². The maximum atomic E-state index is 9.24. The molecule has 0 fully saturated rings. The van der Waals surface area contributed by atoms with Crippen molar-refractivity contribution in [2.24, 2.45) is 0 Å². The fourth-order valence-corrected chi connectivity index (χ4v) is 3.99. The van der Waals surface area contributed by atoms with Gasteiger partial charge in [-0.2, -0.15) is 0 Å². The van der Waals surface area contributed by atoms with Gasteiger partial charge in [-0.15, -0.1) is 0 Å². The Balaban J connectivity index is 1.66. The predicted molar refractivity (Wildman–Crippen MR) is 130 cm³/mol. The zero-order valence-electron chi connectivity index (χ0n) is 19.6. The van der Waals surface area contributed by atoms with Crippen LogP contribution in [0.1, 0.15) is 55.9 Å². The number of rotatable bonds is 12. The molecule has 32 heavy (non-hydrogen) atoms. The predicted octanol–water partition coefficient (Wildman–Crippen LogP) is 6.17. The summed E-state index contributed by atoms with van der Waals surface area (Å²) < 4.78 is 11.8. The number of aromatic nitrogens is 1. The van der Waals surface area contributed by atoms with E-state index in [2.05, 4.69) is 38.1 Å². The Kier molecular flexibility index (Phi) is 9.12. The molecule has 0 aliphatic heterocycles. The van der Waals surface area contributed by atoms with Crippen LogP contribution in [0.4, 0.5) is 0 Å². The first kappa shape index (κ1) is 23.8. The van der Waals surface area contributed by atoms with Crippen molar-refractivity contribution in [3.8, 4) is 22.8 Å². The third kappa shape index (κ3) is 6.10. The number of unbranched alkanes of at least 4 members (excludes halogenated alkanes) is 1. The summed E-state index contributed by atoms with van der Waals surface area (Å²) in [5.74, 6) is 1.74. The molecule has 0 aliphatic rings. The molecular formula is C28H35NO3. The fourth-order valence-electron chi connectivity index (χ4n) is 3.99. The third-order valence-corrected chi connectivity index (χ3v) is 5.69. The highest BCUT2D eigenvalue weighted by Crippen LogP contribution is 2.32. The topological polar surface area (TPSA) is 51.6 Å². The van der Waals surface area contributed by atoms with Crippen molar-refractivity contribution < 1.29 is 14.6 Å². The van der Waals surface area contributed by atoms with E-state index in [1.165, 1.54) is 16.7 Å². The number of aliphatic hydroxyl groups is 1. The van der Waals surface area contributed by atoms with E-state index in [0.717, 1.165) is 60.4 Å². The molecule has 170 valence electrons. The molecule has 3 aromatic rings. The Hall–Kier alpha value is -2.85. The lowest BCUT2D eigenvalue weighted by atomic mass is 9.94. The largest absolute Gasteiger partial charge is 0.494 e. The molecule has 4 heteroatoms. The van der Waals surface area contributed by atoms with Gasteiger partial charge in [0.25, 0.3) is 0 Å². The van der Waals surface area contributed by atoms with E-state index in [-0.39, 0.29) is 6.61 Å². The highest BCUT2D eigenvalue weighted by molar-refractivity contribution is 5.69. The molecule has 0 radical (unpaired) electrons. The molecule has 0 amide bonds. The van der Waals surface area contributed by atoms with Crippen molar-refractivity contribution in [1.29, 1.82) is 0 Å². The monoisotopic (exact) mass is 433 g/mol. The molecule has 0 saturated carbocycles. The second-order valence-corrected chi connectivity index (χ2v) is 7.88. The molecule has 3 rings (SSSR count). The van der Waals surface area contributed by atoms with E-state index in [1.54, 1.807) is 0 Å². The van der Waals surface area contributed by atoms with Gasteiger partial charge in [0.05, 0.1) is 25.5 Å². The summed E-state index contributed by atoms with van der Waals surface area (Å²) in [6.07, 6.45) is 6.79. The number of benzene rings is 2. The first-order chi connectivity index (χ1) is 15.7. The highest BCUT2D eigenvalue weighted by atomic mass is 16.5. The molecular weight excluding hydrogens is 398 g/mol. The summed E-state index contributed by atoms with van der Waals surface area (Å²) >= 11 is 0. The summed E-state index contributed by atoms with van der Waals surface area (Å²) in [6, 6.07) is 16.2. The Labute approximate surface area is 192 Å². The van der Waals surface area contributed by atoms with Crippen LogP contribution in [0.5, 0.6) is 11.5 Å². The Morgan fingerprint density at radius 3 is 2.28 bits per heavy atom. The molecule has 2 aromatic carbocycles. The molecule has 0 saturated heterocycles. The zero-order valence-corrected chi connectivity index (χ0v) is 19.6. The van der Waals surface area contributed by atoms with Crippen molar-refractivity contribution in [3.63, 3.8) is 0 Å². The summed E-state index contributed by atoms with van der Waals surface area (Å²) in [5, 5.41) is 9.24. The normalized spacial score (nSPS) is 10.9. The van der Waals surface area contributed by atoms with Crippen molar-refractivity contribution in [3.05, 3.63) is 77.0 Å². The van der Waals surface area contributed by atoms with Crippen molar-refractivity contribution in [1.82, 2.24) is 4.98 Å². The third-order valence-electron chi connectivity index (χ3n) is 5.69. The zero-order chi connectivity index (χ0) is 22.8. The van der Waals surface area contributed by atoms with Gasteiger partial charge < -0.3 is 14.6 Å². The van der Waals surface area contributed by atoms with E-state index in [9.17, 15) is 5.11 Å². The highest BCUT2D eigenvalue weighted by Gasteiger charge is 2.13. The van der Waals surface area contributed by atoms with Crippen LogP contribution in [0.15, 0.2) is 54.7 Å². The van der Waals surface area contributed by atoms with Gasteiger partial charge >= 0.3 is 0 Å². The van der Waals surface area contributed by atoms with Gasteiger partial charge in [0.2, 0.25) is 0 Å². The van der Waals surface area contributed by atoms with E-state index in [1.807, 2.05) is 37.4 Å². The van der Waals surface area contributed by atoms with Crippen LogP contribution in [0.3, 0.4) is 0 Å². The average molecular weight is 434 g/mol. The molecule has 0 spiro atoms. The summed E-state index contributed by atoms with van der Waals surface area (Å²) in [7, 11) is 0. The minimum atomic E-state index is 0.0306. The Morgan fingerprint density at radius 2 is 1.59 bits per heavy atom. The lowest BCUT2D eigenvalue weighted by Gasteiger charge is -2.16. The molecule has 1 N–H and O–H groups in total. The molecule has 1 heterocycles. The fraction of sp³-hybridized carbons (Fsp3) is 0.393. The summed E-state index contributed by atoms with van der Waals surface area (Å²) in [6.45, 7) is 7.72.